The number of nitrogens with one attached hydrogen (secondary N) is 1. The first-order valence-electron chi connectivity index (χ1n) is 13.0. The fraction of sp³-hybridized carbons (Fsp3) is 0.393. The van der Waals surface area contributed by atoms with Crippen LogP contribution in [0, 0.1) is 11.7 Å². The molecule has 0 amide bonds. The number of aromatic amines is 1. The minimum absolute atomic E-state index is 0.177. The maximum absolute atomic E-state index is 13.5. The van der Waals surface area contributed by atoms with Crippen molar-refractivity contribution in [3.8, 4) is 0 Å². The lowest BCUT2D eigenvalue weighted by Gasteiger charge is -2.36. The van der Waals surface area contributed by atoms with Gasteiger partial charge in [0.1, 0.15) is 11.9 Å². The van der Waals surface area contributed by atoms with Crippen molar-refractivity contribution in [1.82, 2.24) is 30.1 Å². The molecule has 0 saturated carbocycles. The topological polar surface area (TPSA) is 106 Å². The smallest absolute Gasteiger partial charge is 0.309 e. The minimum atomic E-state index is -0.535. The highest BCUT2D eigenvalue weighted by molar-refractivity contribution is 5.80. The number of ether oxygens (including phenoxy) is 1. The first-order valence-corrected chi connectivity index (χ1v) is 13.0. The Kier molecular flexibility index (Phi) is 7.59. The highest BCUT2D eigenvalue weighted by Crippen LogP contribution is 2.31. The Bertz CT molecular complexity index is 1470. The number of tetrazole rings is 1. The summed E-state index contributed by atoms with van der Waals surface area (Å²) in [5.74, 6) is -0.160. The molecule has 1 aliphatic rings. The van der Waals surface area contributed by atoms with Gasteiger partial charge in [0, 0.05) is 24.2 Å². The average molecular weight is 519 g/mol. The van der Waals surface area contributed by atoms with Gasteiger partial charge in [-0.2, -0.15) is 0 Å². The van der Waals surface area contributed by atoms with Crippen LogP contribution in [-0.4, -0.2) is 55.8 Å². The fourth-order valence-corrected chi connectivity index (χ4v) is 5.13. The molecule has 10 heteroatoms. The summed E-state index contributed by atoms with van der Waals surface area (Å²) in [5, 5.41) is 13.4. The summed E-state index contributed by atoms with van der Waals surface area (Å²) in [5.41, 5.74) is 3.09. The van der Waals surface area contributed by atoms with Crippen LogP contribution in [-0.2, 0) is 22.5 Å². The Labute approximate surface area is 219 Å². The summed E-state index contributed by atoms with van der Waals surface area (Å²) < 4.78 is 20.4. The predicted molar refractivity (Wildman–Crippen MR) is 140 cm³/mol. The van der Waals surface area contributed by atoms with E-state index in [2.05, 4.69) is 38.4 Å². The van der Waals surface area contributed by atoms with Crippen LogP contribution in [0.5, 0.6) is 0 Å². The van der Waals surface area contributed by atoms with Gasteiger partial charge in [0.2, 0.25) is 0 Å². The number of piperidine rings is 1. The fourth-order valence-electron chi connectivity index (χ4n) is 5.13. The van der Waals surface area contributed by atoms with E-state index in [9.17, 15) is 14.0 Å². The van der Waals surface area contributed by atoms with Gasteiger partial charge in [-0.15, -0.1) is 5.10 Å². The molecule has 1 saturated heterocycles. The third-order valence-corrected chi connectivity index (χ3v) is 7.20. The Hall–Kier alpha value is -3.92. The molecule has 1 aliphatic heterocycles. The summed E-state index contributed by atoms with van der Waals surface area (Å²) in [6, 6.07) is 13.6. The van der Waals surface area contributed by atoms with Crippen molar-refractivity contribution in [3.05, 3.63) is 87.2 Å². The van der Waals surface area contributed by atoms with Crippen LogP contribution in [0.15, 0.2) is 53.3 Å². The SMILES string of the molecule is CCOC(=O)C1CCN([C@@H](c2cc3cc(CC)ccc3[nH]c2=O)c2nnnn2Cc2ccc(F)cc2)CC1. The van der Waals surface area contributed by atoms with Gasteiger partial charge in [-0.1, -0.05) is 25.1 Å². The van der Waals surface area contributed by atoms with Crippen molar-refractivity contribution in [2.24, 2.45) is 5.92 Å². The van der Waals surface area contributed by atoms with E-state index in [1.54, 1.807) is 23.7 Å². The normalized spacial score (nSPS) is 15.6. The van der Waals surface area contributed by atoms with Crippen LogP contribution in [0.4, 0.5) is 4.39 Å². The number of H-pyrrole nitrogens is 1. The molecule has 1 fully saturated rings. The molecule has 198 valence electrons. The standard InChI is InChI=1S/C28H31FN6O3/c1-3-18-7-10-24-21(15-18)16-23(27(36)30-24)25(34-13-11-20(12-14-34)28(37)38-4-2)26-31-32-33-35(26)17-19-5-8-22(29)9-6-19/h5-10,15-16,20,25H,3-4,11-14,17H2,1-2H3,(H,30,36)/t25-/m0/s1. The zero-order valence-corrected chi connectivity index (χ0v) is 21.6. The van der Waals surface area contributed by atoms with Crippen LogP contribution in [0.25, 0.3) is 10.9 Å². The molecule has 9 nitrogen and oxygen atoms in total. The van der Waals surface area contributed by atoms with E-state index in [0.29, 0.717) is 50.5 Å². The van der Waals surface area contributed by atoms with Gasteiger partial charge in [0.25, 0.3) is 5.56 Å². The van der Waals surface area contributed by atoms with Crippen molar-refractivity contribution in [2.45, 2.75) is 45.7 Å². The second kappa shape index (κ2) is 11.2. The van der Waals surface area contributed by atoms with Crippen molar-refractivity contribution in [3.63, 3.8) is 0 Å². The molecule has 0 spiro atoms. The van der Waals surface area contributed by atoms with E-state index in [1.807, 2.05) is 18.2 Å². The first-order chi connectivity index (χ1) is 18.5. The van der Waals surface area contributed by atoms with Gasteiger partial charge in [0.15, 0.2) is 5.82 Å². The number of likely N-dealkylation sites (tertiary alicyclic amines) is 1. The lowest BCUT2D eigenvalue weighted by Crippen LogP contribution is -2.42. The molecule has 4 aromatic rings. The van der Waals surface area contributed by atoms with Crippen LogP contribution < -0.4 is 5.56 Å². The van der Waals surface area contributed by atoms with Gasteiger partial charge in [-0.25, -0.2) is 9.07 Å². The van der Waals surface area contributed by atoms with Gasteiger partial charge in [-0.05, 0) is 83.5 Å². The number of rotatable bonds is 8. The molecule has 0 radical (unpaired) electrons. The lowest BCUT2D eigenvalue weighted by molar-refractivity contribution is -0.149. The summed E-state index contributed by atoms with van der Waals surface area (Å²) in [7, 11) is 0. The number of hydrogen-bond acceptors (Lipinski definition) is 7. The number of halogens is 1. The minimum Gasteiger partial charge on any atom is -0.466 e. The highest BCUT2D eigenvalue weighted by Gasteiger charge is 2.35. The predicted octanol–water partition coefficient (Wildman–Crippen LogP) is 3.63. The third kappa shape index (κ3) is 5.35. The van der Waals surface area contributed by atoms with E-state index in [0.717, 1.165) is 22.9 Å². The van der Waals surface area contributed by atoms with Crippen molar-refractivity contribution < 1.29 is 13.9 Å². The summed E-state index contributed by atoms with van der Waals surface area (Å²) >= 11 is 0. The van der Waals surface area contributed by atoms with Crippen LogP contribution in [0.3, 0.4) is 0 Å². The molecule has 1 N–H and O–H groups in total. The maximum Gasteiger partial charge on any atom is 0.309 e. The third-order valence-electron chi connectivity index (χ3n) is 7.20. The molecular formula is C28H31FN6O3. The van der Waals surface area contributed by atoms with Gasteiger partial charge >= 0.3 is 5.97 Å². The van der Waals surface area contributed by atoms with Crippen molar-refractivity contribution >= 4 is 16.9 Å². The van der Waals surface area contributed by atoms with Gasteiger partial charge in [0.05, 0.1) is 19.1 Å². The Morgan fingerprint density at radius 1 is 1.11 bits per heavy atom. The molecular weight excluding hydrogens is 487 g/mol. The van der Waals surface area contributed by atoms with Crippen molar-refractivity contribution in [1.29, 1.82) is 0 Å². The summed E-state index contributed by atoms with van der Waals surface area (Å²) in [4.78, 5) is 31.0. The van der Waals surface area contributed by atoms with E-state index in [4.69, 9.17) is 4.74 Å². The summed E-state index contributed by atoms with van der Waals surface area (Å²) in [6.45, 7) is 5.72. The highest BCUT2D eigenvalue weighted by atomic mass is 19.1. The molecule has 5 rings (SSSR count). The number of aryl methyl sites for hydroxylation is 1. The van der Waals surface area contributed by atoms with Crippen LogP contribution >= 0.6 is 0 Å². The number of esters is 1. The van der Waals surface area contributed by atoms with Crippen LogP contribution in [0.1, 0.15) is 55.2 Å². The number of carbonyl (C=O) groups excluding carboxylic acids is 1. The largest absolute Gasteiger partial charge is 0.466 e. The Balaban J connectivity index is 1.55. The van der Waals surface area contributed by atoms with E-state index >= 15 is 0 Å². The van der Waals surface area contributed by atoms with Gasteiger partial charge < -0.3 is 9.72 Å². The molecule has 0 aliphatic carbocycles. The lowest BCUT2D eigenvalue weighted by atomic mass is 9.93. The second-order valence-corrected chi connectivity index (χ2v) is 9.61. The molecule has 38 heavy (non-hydrogen) atoms. The second-order valence-electron chi connectivity index (χ2n) is 9.61. The molecule has 0 bridgehead atoms. The molecule has 2 aromatic heterocycles. The van der Waals surface area contributed by atoms with Crippen LogP contribution in [0.2, 0.25) is 0 Å². The number of hydrogen-bond donors (Lipinski definition) is 1. The average Bonchev–Trinajstić information content (AvgIpc) is 3.38. The number of nitrogens with zero attached hydrogens (tertiary/aromatic N) is 5. The monoisotopic (exact) mass is 518 g/mol. The Morgan fingerprint density at radius 3 is 2.55 bits per heavy atom. The number of fused-ring (bicyclic) bond motifs is 1. The molecule has 2 aromatic carbocycles. The van der Waals surface area contributed by atoms with E-state index < -0.39 is 6.04 Å². The Morgan fingerprint density at radius 2 is 1.84 bits per heavy atom. The van der Waals surface area contributed by atoms with Gasteiger partial charge in [-0.3, -0.25) is 14.5 Å². The maximum atomic E-state index is 13.5. The number of carbonyl (C=O) groups is 1. The van der Waals surface area contributed by atoms with E-state index in [-0.39, 0.29) is 23.3 Å². The first kappa shape index (κ1) is 25.7. The molecule has 1 atom stereocenters. The zero-order chi connectivity index (χ0) is 26.6. The zero-order valence-electron chi connectivity index (χ0n) is 21.6. The number of aromatic nitrogens is 5. The summed E-state index contributed by atoms with van der Waals surface area (Å²) in [6.07, 6.45) is 2.10. The molecule has 3 heterocycles. The number of benzene rings is 2. The molecule has 0 unspecified atom stereocenters. The van der Waals surface area contributed by atoms with Crippen molar-refractivity contribution in [2.75, 3.05) is 19.7 Å². The van der Waals surface area contributed by atoms with E-state index in [1.165, 1.54) is 17.7 Å². The number of pyridine rings is 1. The quantitative estimate of drug-likeness (QED) is 0.355.